The van der Waals surface area contributed by atoms with Gasteiger partial charge in [-0.05, 0) is 20.6 Å². The zero-order chi connectivity index (χ0) is 12.0. The lowest BCUT2D eigenvalue weighted by Gasteiger charge is -2.18. The van der Waals surface area contributed by atoms with Gasteiger partial charge in [0.15, 0.2) is 5.13 Å². The standard InChI is InChI=1S/C11H22N4S/c1-5-12-8-10-9-13-11(16-10)15(4)7-6-14(2)3/h9,12H,5-8H2,1-4H3. The maximum atomic E-state index is 4.43. The summed E-state index contributed by atoms with van der Waals surface area (Å²) < 4.78 is 0. The number of nitrogens with one attached hydrogen (secondary N) is 1. The van der Waals surface area contributed by atoms with E-state index in [0.29, 0.717) is 0 Å². The van der Waals surface area contributed by atoms with E-state index in [1.165, 1.54) is 4.88 Å². The lowest BCUT2D eigenvalue weighted by Crippen LogP contribution is -2.28. The van der Waals surface area contributed by atoms with Crippen LogP contribution in [0.1, 0.15) is 11.8 Å². The summed E-state index contributed by atoms with van der Waals surface area (Å²) in [5.74, 6) is 0. The average Bonchev–Trinajstić information content (AvgIpc) is 2.71. The smallest absolute Gasteiger partial charge is 0.185 e. The Morgan fingerprint density at radius 3 is 2.69 bits per heavy atom. The van der Waals surface area contributed by atoms with Crippen molar-refractivity contribution in [3.63, 3.8) is 0 Å². The SMILES string of the molecule is CCNCc1cnc(N(C)CCN(C)C)s1. The van der Waals surface area contributed by atoms with Crippen LogP contribution in [-0.2, 0) is 6.54 Å². The Kier molecular flexibility index (Phi) is 5.73. The minimum atomic E-state index is 0.926. The van der Waals surface area contributed by atoms with E-state index >= 15 is 0 Å². The Hall–Kier alpha value is -0.650. The molecule has 0 fully saturated rings. The Labute approximate surface area is 102 Å². The second-order valence-electron chi connectivity index (χ2n) is 4.11. The molecule has 0 amide bonds. The van der Waals surface area contributed by atoms with Gasteiger partial charge in [0.1, 0.15) is 0 Å². The highest BCUT2D eigenvalue weighted by Crippen LogP contribution is 2.20. The van der Waals surface area contributed by atoms with Crippen molar-refractivity contribution in [3.8, 4) is 0 Å². The summed E-state index contributed by atoms with van der Waals surface area (Å²) in [5, 5.41) is 4.42. The fraction of sp³-hybridized carbons (Fsp3) is 0.727. The van der Waals surface area contributed by atoms with Crippen molar-refractivity contribution in [2.24, 2.45) is 0 Å². The topological polar surface area (TPSA) is 31.4 Å². The maximum Gasteiger partial charge on any atom is 0.185 e. The van der Waals surface area contributed by atoms with E-state index in [1.807, 2.05) is 6.20 Å². The monoisotopic (exact) mass is 242 g/mol. The number of anilines is 1. The fourth-order valence-electron chi connectivity index (χ4n) is 1.25. The van der Waals surface area contributed by atoms with E-state index in [9.17, 15) is 0 Å². The van der Waals surface area contributed by atoms with E-state index < -0.39 is 0 Å². The first-order chi connectivity index (χ1) is 7.63. The normalized spacial score (nSPS) is 11.1. The van der Waals surface area contributed by atoms with Crippen LogP contribution in [0.3, 0.4) is 0 Å². The second kappa shape index (κ2) is 6.83. The largest absolute Gasteiger partial charge is 0.350 e. The molecule has 0 aliphatic heterocycles. The quantitative estimate of drug-likeness (QED) is 0.780. The Morgan fingerprint density at radius 1 is 1.31 bits per heavy atom. The van der Waals surface area contributed by atoms with Gasteiger partial charge >= 0.3 is 0 Å². The summed E-state index contributed by atoms with van der Waals surface area (Å²) in [6, 6.07) is 0. The van der Waals surface area contributed by atoms with Crippen molar-refractivity contribution in [3.05, 3.63) is 11.1 Å². The number of hydrogen-bond donors (Lipinski definition) is 1. The van der Waals surface area contributed by atoms with Crippen LogP contribution in [0.5, 0.6) is 0 Å². The molecular weight excluding hydrogens is 220 g/mol. The van der Waals surface area contributed by atoms with Crippen LogP contribution in [0.25, 0.3) is 0 Å². The molecule has 16 heavy (non-hydrogen) atoms. The van der Waals surface area contributed by atoms with Gasteiger partial charge in [-0.25, -0.2) is 4.98 Å². The van der Waals surface area contributed by atoms with Crippen molar-refractivity contribution in [1.82, 2.24) is 15.2 Å². The van der Waals surface area contributed by atoms with Crippen LogP contribution >= 0.6 is 11.3 Å². The number of nitrogens with zero attached hydrogens (tertiary/aromatic N) is 3. The number of hydrogen-bond acceptors (Lipinski definition) is 5. The number of likely N-dealkylation sites (N-methyl/N-ethyl adjacent to an activating group) is 2. The van der Waals surface area contributed by atoms with Gasteiger partial charge in [0, 0.05) is 37.8 Å². The third kappa shape index (κ3) is 4.47. The molecule has 5 heteroatoms. The fourth-order valence-corrected chi connectivity index (χ4v) is 2.12. The molecule has 4 nitrogen and oxygen atoms in total. The minimum Gasteiger partial charge on any atom is -0.350 e. The summed E-state index contributed by atoms with van der Waals surface area (Å²) in [4.78, 5) is 10.1. The molecule has 0 aromatic carbocycles. The summed E-state index contributed by atoms with van der Waals surface area (Å²) >= 11 is 1.77. The van der Waals surface area contributed by atoms with Gasteiger partial charge < -0.3 is 15.1 Å². The molecule has 0 spiro atoms. The zero-order valence-electron chi connectivity index (χ0n) is 10.7. The highest BCUT2D eigenvalue weighted by molar-refractivity contribution is 7.15. The van der Waals surface area contributed by atoms with E-state index in [1.54, 1.807) is 11.3 Å². The number of aromatic nitrogens is 1. The first kappa shape index (κ1) is 13.4. The molecule has 1 rings (SSSR count). The average molecular weight is 242 g/mol. The molecule has 1 aromatic heterocycles. The van der Waals surface area contributed by atoms with Gasteiger partial charge in [0.05, 0.1) is 0 Å². The Morgan fingerprint density at radius 2 is 2.06 bits per heavy atom. The van der Waals surface area contributed by atoms with Gasteiger partial charge in [0.2, 0.25) is 0 Å². The zero-order valence-corrected chi connectivity index (χ0v) is 11.5. The molecule has 0 bridgehead atoms. The molecule has 1 aromatic rings. The van der Waals surface area contributed by atoms with Gasteiger partial charge in [-0.15, -0.1) is 11.3 Å². The molecule has 1 heterocycles. The lowest BCUT2D eigenvalue weighted by atomic mass is 10.5. The van der Waals surface area contributed by atoms with E-state index in [-0.39, 0.29) is 0 Å². The van der Waals surface area contributed by atoms with Crippen molar-refractivity contribution < 1.29 is 0 Å². The van der Waals surface area contributed by atoms with Crippen molar-refractivity contribution in [1.29, 1.82) is 0 Å². The molecule has 0 aliphatic carbocycles. The van der Waals surface area contributed by atoms with E-state index in [0.717, 1.165) is 31.3 Å². The second-order valence-corrected chi connectivity index (χ2v) is 5.21. The Balaban J connectivity index is 2.43. The van der Waals surface area contributed by atoms with Crippen LogP contribution in [0.4, 0.5) is 5.13 Å². The molecule has 0 radical (unpaired) electrons. The lowest BCUT2D eigenvalue weighted by molar-refractivity contribution is 0.416. The van der Waals surface area contributed by atoms with Crippen LogP contribution in [0, 0.1) is 0 Å². The predicted octanol–water partition coefficient (Wildman–Crippen LogP) is 1.25. The van der Waals surface area contributed by atoms with Crippen LogP contribution in [0.15, 0.2) is 6.20 Å². The van der Waals surface area contributed by atoms with E-state index in [2.05, 4.69) is 48.2 Å². The van der Waals surface area contributed by atoms with Crippen LogP contribution in [-0.4, -0.2) is 50.7 Å². The Bertz CT molecular complexity index is 298. The molecule has 92 valence electrons. The molecular formula is C11H22N4S. The van der Waals surface area contributed by atoms with Crippen LogP contribution < -0.4 is 10.2 Å². The van der Waals surface area contributed by atoms with Crippen molar-refractivity contribution in [2.45, 2.75) is 13.5 Å². The van der Waals surface area contributed by atoms with Crippen molar-refractivity contribution >= 4 is 16.5 Å². The summed E-state index contributed by atoms with van der Waals surface area (Å²) in [6.07, 6.45) is 1.97. The number of thiazole rings is 1. The van der Waals surface area contributed by atoms with Gasteiger partial charge in [0.25, 0.3) is 0 Å². The molecule has 0 aliphatic rings. The van der Waals surface area contributed by atoms with E-state index in [4.69, 9.17) is 0 Å². The molecule has 0 saturated carbocycles. The number of rotatable bonds is 7. The van der Waals surface area contributed by atoms with Crippen LogP contribution in [0.2, 0.25) is 0 Å². The highest BCUT2D eigenvalue weighted by Gasteiger charge is 2.06. The summed E-state index contributed by atoms with van der Waals surface area (Å²) in [5.41, 5.74) is 0. The van der Waals surface area contributed by atoms with Crippen molar-refractivity contribution in [2.75, 3.05) is 45.7 Å². The highest BCUT2D eigenvalue weighted by atomic mass is 32.1. The van der Waals surface area contributed by atoms with Gasteiger partial charge in [-0.1, -0.05) is 6.92 Å². The third-order valence-electron chi connectivity index (χ3n) is 2.30. The molecule has 0 unspecified atom stereocenters. The molecule has 1 N–H and O–H groups in total. The van der Waals surface area contributed by atoms with Gasteiger partial charge in [-0.3, -0.25) is 0 Å². The first-order valence-electron chi connectivity index (χ1n) is 5.64. The molecule has 0 saturated heterocycles. The maximum absolute atomic E-state index is 4.43. The summed E-state index contributed by atoms with van der Waals surface area (Å²) in [6.45, 7) is 6.12. The first-order valence-corrected chi connectivity index (χ1v) is 6.46. The summed E-state index contributed by atoms with van der Waals surface area (Å²) in [7, 11) is 6.28. The predicted molar refractivity (Wildman–Crippen MR) is 71.3 cm³/mol. The molecule has 0 atom stereocenters. The minimum absolute atomic E-state index is 0.926. The van der Waals surface area contributed by atoms with Gasteiger partial charge in [-0.2, -0.15) is 0 Å². The third-order valence-corrected chi connectivity index (χ3v) is 3.41.